The van der Waals surface area contributed by atoms with E-state index in [0.29, 0.717) is 35.3 Å². The van der Waals surface area contributed by atoms with Gasteiger partial charge in [-0.3, -0.25) is 19.4 Å². The van der Waals surface area contributed by atoms with Crippen molar-refractivity contribution in [3.8, 4) is 0 Å². The standard InChI is InChI=1S/C25H38N2O2S.C21H33BrO2.C4H6N2S/c1-24(29)10-8-18-16(12-24)4-5-20-19(18)9-11-25(2)21(20)6-7-22(25)23(28)15-27-14-17(30-3)13-26-27;1-20(24)9-7-14-13(11-20)3-4-16-15(14)8-10-21(2)17(16)5-6-18(21)19(23)12-22;1-7-4-2-5-6-3-4/h13-14,16,18-22,29H,4-12,15H2,1-3H3;13-18,24H,3-12H2,1-2H3;2-3H,1H3,(H,5,6)/t16-,18+,19-,20-,21+,22-,24-,25+;13-,14+,15-,16-,17+,18-,20-,21+;/m11./s1. The maximum Gasteiger partial charge on any atom is 0.157 e. The first kappa shape index (κ1) is 46.4. The number of aromatic amines is 1. The second-order valence-corrected chi connectivity index (χ2v) is 24.8. The van der Waals surface area contributed by atoms with Gasteiger partial charge in [-0.05, 0) is 212 Å². The van der Waals surface area contributed by atoms with Crippen LogP contribution in [0.3, 0.4) is 0 Å². The van der Waals surface area contributed by atoms with Crippen LogP contribution in [0.5, 0.6) is 0 Å². The molecule has 2 aromatic rings. The highest BCUT2D eigenvalue weighted by molar-refractivity contribution is 9.09. The number of aliphatic hydroxyl groups is 2. The Morgan fingerprint density at radius 3 is 1.62 bits per heavy atom. The lowest BCUT2D eigenvalue weighted by Crippen LogP contribution is -2.51. The summed E-state index contributed by atoms with van der Waals surface area (Å²) in [6, 6.07) is 0. The number of halogens is 1. The van der Waals surface area contributed by atoms with E-state index in [-0.39, 0.29) is 16.7 Å². The van der Waals surface area contributed by atoms with Crippen molar-refractivity contribution in [3.63, 3.8) is 0 Å². The van der Waals surface area contributed by atoms with Crippen LogP contribution in [-0.2, 0) is 16.1 Å². The molecule has 0 saturated heterocycles. The third-order valence-corrected chi connectivity index (χ3v) is 21.2. The van der Waals surface area contributed by atoms with E-state index in [2.05, 4.69) is 45.1 Å². The van der Waals surface area contributed by atoms with E-state index in [0.717, 1.165) is 96.7 Å². The van der Waals surface area contributed by atoms with Crippen molar-refractivity contribution in [2.45, 2.75) is 171 Å². The van der Waals surface area contributed by atoms with Gasteiger partial charge in [-0.15, -0.1) is 23.5 Å². The smallest absolute Gasteiger partial charge is 0.157 e. The van der Waals surface area contributed by atoms with E-state index in [4.69, 9.17) is 0 Å². The number of ketones is 2. The van der Waals surface area contributed by atoms with Crippen LogP contribution in [0, 0.1) is 81.8 Å². The summed E-state index contributed by atoms with van der Waals surface area (Å²) in [7, 11) is 0. The van der Waals surface area contributed by atoms with Gasteiger partial charge >= 0.3 is 0 Å². The van der Waals surface area contributed by atoms with Gasteiger partial charge in [-0.1, -0.05) is 29.8 Å². The van der Waals surface area contributed by atoms with Crippen molar-refractivity contribution >= 4 is 51.0 Å². The average Bonchev–Trinajstić information content (AvgIpc) is 4.06. The second kappa shape index (κ2) is 18.6. The Morgan fingerprint density at radius 2 is 1.18 bits per heavy atom. The van der Waals surface area contributed by atoms with E-state index >= 15 is 0 Å². The molecule has 8 saturated carbocycles. The lowest BCUT2D eigenvalue weighted by molar-refractivity contribution is -0.133. The highest BCUT2D eigenvalue weighted by Crippen LogP contribution is 2.66. The summed E-state index contributed by atoms with van der Waals surface area (Å²) in [5.41, 5.74) is -0.414. The Labute approximate surface area is 384 Å². The summed E-state index contributed by atoms with van der Waals surface area (Å²) in [5, 5.41) is 32.5. The number of H-pyrrole nitrogens is 1. The number of carbonyl (C=O) groups is 2. The molecule has 0 radical (unpaired) electrons. The molecule has 0 amide bonds. The molecule has 0 unspecified atom stereocenters. The summed E-state index contributed by atoms with van der Waals surface area (Å²) in [6.45, 7) is 9.39. The van der Waals surface area contributed by atoms with E-state index in [1.807, 2.05) is 49.6 Å². The monoisotopic (exact) mass is 940 g/mol. The first-order chi connectivity index (χ1) is 29.1. The van der Waals surface area contributed by atoms with Gasteiger partial charge < -0.3 is 10.2 Å². The normalized spacial score (nSPS) is 44.6. The fourth-order valence-corrected chi connectivity index (χ4v) is 17.6. The number of nitrogens with zero attached hydrogens (tertiary/aromatic N) is 3. The minimum atomic E-state index is -0.440. The predicted octanol–water partition coefficient (Wildman–Crippen LogP) is 11.3. The Kier molecular flexibility index (Phi) is 14.2. The fourth-order valence-electron chi connectivity index (χ4n) is 16.5. The molecule has 8 nitrogen and oxygen atoms in total. The number of rotatable bonds is 7. The molecule has 8 fully saturated rings. The van der Waals surface area contributed by atoms with Crippen molar-refractivity contribution in [3.05, 3.63) is 24.8 Å². The lowest BCUT2D eigenvalue weighted by Gasteiger charge is -2.56. The molecule has 8 aliphatic carbocycles. The van der Waals surface area contributed by atoms with Crippen molar-refractivity contribution in [2.24, 2.45) is 81.8 Å². The van der Waals surface area contributed by atoms with Crippen LogP contribution in [0.1, 0.15) is 143 Å². The highest BCUT2D eigenvalue weighted by Gasteiger charge is 2.60. The van der Waals surface area contributed by atoms with Crippen LogP contribution >= 0.6 is 39.5 Å². The molecule has 10 rings (SSSR count). The third kappa shape index (κ3) is 9.32. The van der Waals surface area contributed by atoms with E-state index < -0.39 is 11.2 Å². The molecule has 340 valence electrons. The van der Waals surface area contributed by atoms with Crippen LogP contribution in [-0.4, -0.2) is 70.8 Å². The van der Waals surface area contributed by atoms with E-state index in [9.17, 15) is 19.8 Å². The van der Waals surface area contributed by atoms with Gasteiger partial charge in [0.25, 0.3) is 0 Å². The van der Waals surface area contributed by atoms with Crippen LogP contribution < -0.4 is 0 Å². The maximum absolute atomic E-state index is 13.3. The number of nitrogens with one attached hydrogen (secondary N) is 1. The zero-order valence-corrected chi connectivity index (χ0v) is 41.3. The summed E-state index contributed by atoms with van der Waals surface area (Å²) < 4.78 is 1.84. The van der Waals surface area contributed by atoms with Crippen LogP contribution in [0.2, 0.25) is 0 Å². The molecule has 11 heteroatoms. The molecule has 0 aliphatic heterocycles. The van der Waals surface area contributed by atoms with Crippen molar-refractivity contribution in [2.75, 3.05) is 17.8 Å². The third-order valence-electron chi connectivity index (χ3n) is 19.3. The zero-order valence-electron chi connectivity index (χ0n) is 38.1. The van der Waals surface area contributed by atoms with Gasteiger partial charge in [0.05, 0.1) is 35.5 Å². The lowest BCUT2D eigenvalue weighted by atomic mass is 9.49. The SMILES string of the molecule is CSc1cn[nH]c1.CSc1cnn(CC(=O)[C@H]2CC[C@H]3[C@@H]4CC[C@@H]5C[C@](C)(O)CC[C@@H]5[C@H]4CC[C@]23C)c1.C[C@@]1(O)CC[C@H]2[C@H](CC[C@@H]3[C@@H]2CC[C@]2(C)[C@@H](C(=O)CBr)CC[C@@H]32)C1. The van der Waals surface area contributed by atoms with Gasteiger partial charge in [0.2, 0.25) is 0 Å². The van der Waals surface area contributed by atoms with Gasteiger partial charge in [-0.2, -0.15) is 10.2 Å². The van der Waals surface area contributed by atoms with Gasteiger partial charge in [0, 0.05) is 34.0 Å². The molecule has 61 heavy (non-hydrogen) atoms. The second-order valence-electron chi connectivity index (χ2n) is 22.5. The molecule has 3 N–H and O–H groups in total. The minimum absolute atomic E-state index is 0.181. The van der Waals surface area contributed by atoms with Gasteiger partial charge in [-0.25, -0.2) is 0 Å². The summed E-state index contributed by atoms with van der Waals surface area (Å²) >= 11 is 6.78. The first-order valence-corrected chi connectivity index (χ1v) is 27.8. The Hall–Kier alpha value is -1.14. The van der Waals surface area contributed by atoms with Gasteiger partial charge in [0.1, 0.15) is 5.78 Å². The highest BCUT2D eigenvalue weighted by atomic mass is 79.9. The molecule has 0 bridgehead atoms. The van der Waals surface area contributed by atoms with E-state index in [1.165, 1.54) is 81.9 Å². The molecule has 0 aromatic carbocycles. The molecular formula is C50H77BrN4O4S2. The summed E-state index contributed by atoms with van der Waals surface area (Å²) in [4.78, 5) is 28.1. The number of alkyl halides is 1. The van der Waals surface area contributed by atoms with Crippen LogP contribution in [0.15, 0.2) is 34.6 Å². The van der Waals surface area contributed by atoms with Crippen molar-refractivity contribution in [1.82, 2.24) is 20.0 Å². The van der Waals surface area contributed by atoms with Crippen molar-refractivity contribution < 1.29 is 19.8 Å². The average molecular weight is 942 g/mol. The maximum atomic E-state index is 13.3. The molecular weight excluding hydrogens is 865 g/mol. The van der Waals surface area contributed by atoms with Gasteiger partial charge in [0.15, 0.2) is 5.78 Å². The molecule has 16 atom stereocenters. The number of aromatic nitrogens is 4. The summed E-state index contributed by atoms with van der Waals surface area (Å²) in [5.74, 6) is 9.33. The minimum Gasteiger partial charge on any atom is -0.390 e. The molecule has 2 aromatic heterocycles. The van der Waals surface area contributed by atoms with E-state index in [1.54, 1.807) is 29.7 Å². The zero-order chi connectivity index (χ0) is 43.3. The van der Waals surface area contributed by atoms with Crippen LogP contribution in [0.4, 0.5) is 0 Å². The number of Topliss-reactive ketones (excluding diaryl/α,β-unsaturated/α-hetero) is 2. The molecule has 8 aliphatic rings. The molecule has 2 heterocycles. The Morgan fingerprint density at radius 1 is 0.672 bits per heavy atom. The number of hydrogen-bond acceptors (Lipinski definition) is 8. The Balaban J connectivity index is 0.000000148. The number of carbonyl (C=O) groups excluding carboxylic acids is 2. The summed E-state index contributed by atoms with van der Waals surface area (Å²) in [6.07, 6.45) is 33.1. The first-order valence-electron chi connectivity index (χ1n) is 24.2. The predicted molar refractivity (Wildman–Crippen MR) is 251 cm³/mol. The quantitative estimate of drug-likeness (QED) is 0.185. The molecule has 0 spiro atoms. The number of fused-ring (bicyclic) bond motifs is 10. The van der Waals surface area contributed by atoms with Crippen LogP contribution in [0.25, 0.3) is 0 Å². The van der Waals surface area contributed by atoms with Crippen molar-refractivity contribution in [1.29, 1.82) is 0 Å². The number of hydrogen-bond donors (Lipinski definition) is 3. The Bertz CT molecular complexity index is 1820. The largest absolute Gasteiger partial charge is 0.390 e. The topological polar surface area (TPSA) is 121 Å². The fraction of sp³-hybridized carbons (Fsp3) is 0.840. The number of thioether (sulfide) groups is 2.